The van der Waals surface area contributed by atoms with Crippen LogP contribution in [-0.4, -0.2) is 31.7 Å². The molecule has 0 aliphatic rings. The molecule has 170 valence electrons. The van der Waals surface area contributed by atoms with Gasteiger partial charge in [-0.05, 0) is 61.2 Å². The van der Waals surface area contributed by atoms with Gasteiger partial charge in [0.25, 0.3) is 5.91 Å². The van der Waals surface area contributed by atoms with Gasteiger partial charge >= 0.3 is 0 Å². The lowest BCUT2D eigenvalue weighted by Gasteiger charge is -2.19. The first-order valence-electron chi connectivity index (χ1n) is 10.4. The summed E-state index contributed by atoms with van der Waals surface area (Å²) in [5.74, 6) is -1.06. The molecule has 2 aromatic carbocycles. The third-order valence-corrected chi connectivity index (χ3v) is 5.70. The molecule has 7 nitrogen and oxygen atoms in total. The van der Waals surface area contributed by atoms with Crippen LogP contribution in [0.25, 0.3) is 16.8 Å². The molecule has 4 aromatic rings. The number of nitrogens with two attached hydrogens (primary N) is 1. The number of carbonyl (C=O) groups excluding carboxylic acids is 1. The fraction of sp³-hybridized carbons (Fsp3) is 0.208. The quantitative estimate of drug-likeness (QED) is 0.391. The molecule has 4 N–H and O–H groups in total. The summed E-state index contributed by atoms with van der Waals surface area (Å²) in [7, 11) is 0. The SMILES string of the molecule is Cc1ccc(-c2ccn3nc(N)nc3c2)c(F)c1C(=O)N[C@@H](C)C[C@@H](O)c1ccc(Cl)cc1. The van der Waals surface area contributed by atoms with Crippen LogP contribution < -0.4 is 11.1 Å². The molecule has 4 rings (SSSR count). The van der Waals surface area contributed by atoms with Crippen molar-refractivity contribution >= 4 is 29.1 Å². The van der Waals surface area contributed by atoms with Crippen LogP contribution in [0, 0.1) is 12.7 Å². The lowest BCUT2D eigenvalue weighted by Crippen LogP contribution is -2.34. The molecule has 0 fully saturated rings. The second-order valence-electron chi connectivity index (χ2n) is 7.98. The lowest BCUT2D eigenvalue weighted by molar-refractivity contribution is 0.0912. The number of nitrogens with one attached hydrogen (secondary N) is 1. The minimum absolute atomic E-state index is 0.0406. The Morgan fingerprint density at radius 2 is 1.97 bits per heavy atom. The number of nitrogens with zero attached hydrogens (tertiary/aromatic N) is 3. The smallest absolute Gasteiger partial charge is 0.254 e. The Morgan fingerprint density at radius 1 is 1.24 bits per heavy atom. The van der Waals surface area contributed by atoms with E-state index in [0.717, 1.165) is 0 Å². The predicted octanol–water partition coefficient (Wildman–Crippen LogP) is 4.32. The maximum absolute atomic E-state index is 15.5. The van der Waals surface area contributed by atoms with Crippen LogP contribution in [0.4, 0.5) is 10.3 Å². The lowest BCUT2D eigenvalue weighted by atomic mass is 9.98. The van der Waals surface area contributed by atoms with Crippen molar-refractivity contribution in [1.29, 1.82) is 0 Å². The molecule has 0 bridgehead atoms. The molecule has 0 saturated heterocycles. The first kappa shape index (κ1) is 22.7. The van der Waals surface area contributed by atoms with Crippen molar-refractivity contribution < 1.29 is 14.3 Å². The van der Waals surface area contributed by atoms with E-state index in [-0.39, 0.29) is 23.5 Å². The Balaban J connectivity index is 1.55. The number of anilines is 1. The molecule has 0 unspecified atom stereocenters. The van der Waals surface area contributed by atoms with Crippen molar-refractivity contribution in [2.45, 2.75) is 32.4 Å². The van der Waals surface area contributed by atoms with Crippen LogP contribution in [0.5, 0.6) is 0 Å². The number of aliphatic hydroxyl groups is 1. The Labute approximate surface area is 195 Å². The van der Waals surface area contributed by atoms with Gasteiger partial charge in [-0.3, -0.25) is 4.79 Å². The van der Waals surface area contributed by atoms with E-state index in [2.05, 4.69) is 15.4 Å². The maximum atomic E-state index is 15.5. The molecule has 2 atom stereocenters. The normalized spacial score (nSPS) is 13.1. The number of aryl methyl sites for hydroxylation is 1. The molecule has 0 radical (unpaired) electrons. The number of fused-ring (bicyclic) bond motifs is 1. The van der Waals surface area contributed by atoms with Crippen LogP contribution in [0.15, 0.2) is 54.7 Å². The van der Waals surface area contributed by atoms with Gasteiger partial charge in [-0.2, -0.15) is 4.98 Å². The first-order valence-corrected chi connectivity index (χ1v) is 10.8. The van der Waals surface area contributed by atoms with E-state index in [9.17, 15) is 9.90 Å². The van der Waals surface area contributed by atoms with Gasteiger partial charge in [-0.15, -0.1) is 5.10 Å². The highest BCUT2D eigenvalue weighted by Gasteiger charge is 2.22. The second kappa shape index (κ2) is 9.17. The van der Waals surface area contributed by atoms with E-state index in [1.54, 1.807) is 68.6 Å². The van der Waals surface area contributed by atoms with Crippen molar-refractivity contribution in [3.05, 3.63) is 82.3 Å². The zero-order valence-corrected chi connectivity index (χ0v) is 18.8. The molecular weight excluding hydrogens is 445 g/mol. The number of rotatable bonds is 6. The summed E-state index contributed by atoms with van der Waals surface area (Å²) >= 11 is 5.89. The van der Waals surface area contributed by atoms with Gasteiger partial charge in [0.15, 0.2) is 5.65 Å². The van der Waals surface area contributed by atoms with Crippen LogP contribution in [-0.2, 0) is 0 Å². The third-order valence-electron chi connectivity index (χ3n) is 5.45. The molecule has 33 heavy (non-hydrogen) atoms. The number of aromatic nitrogens is 3. The summed E-state index contributed by atoms with van der Waals surface area (Å²) in [4.78, 5) is 17.1. The standard InChI is InChI=1S/C24H23ClFN5O2/c1-13-3-8-18(16-9-10-31-20(12-16)29-24(27)30-31)22(26)21(13)23(33)28-14(2)11-19(32)15-4-6-17(25)7-5-15/h3-10,12,14,19,32H,11H2,1-2H3,(H2,27,30)(H,28,33)/t14-,19+/m0/s1. The Bertz CT molecular complexity index is 1320. The summed E-state index contributed by atoms with van der Waals surface area (Å²) in [6.45, 7) is 3.44. The van der Waals surface area contributed by atoms with Crippen LogP contribution in [0.2, 0.25) is 5.02 Å². The van der Waals surface area contributed by atoms with Gasteiger partial charge in [-0.25, -0.2) is 8.91 Å². The van der Waals surface area contributed by atoms with Crippen molar-refractivity contribution in [3.8, 4) is 11.1 Å². The topological polar surface area (TPSA) is 106 Å². The monoisotopic (exact) mass is 467 g/mol. The van der Waals surface area contributed by atoms with Gasteiger partial charge in [0.05, 0.1) is 11.7 Å². The first-order chi connectivity index (χ1) is 15.7. The number of hydrogen-bond donors (Lipinski definition) is 3. The number of hydrogen-bond acceptors (Lipinski definition) is 5. The number of carbonyl (C=O) groups is 1. The fourth-order valence-electron chi connectivity index (χ4n) is 3.75. The molecular formula is C24H23ClFN5O2. The van der Waals surface area contributed by atoms with E-state index in [4.69, 9.17) is 17.3 Å². The summed E-state index contributed by atoms with van der Waals surface area (Å²) in [5.41, 5.74) is 8.07. The van der Waals surface area contributed by atoms with Gasteiger partial charge < -0.3 is 16.2 Å². The van der Waals surface area contributed by atoms with E-state index >= 15 is 4.39 Å². The van der Waals surface area contributed by atoms with Crippen LogP contribution in [0.1, 0.15) is 40.9 Å². The molecule has 0 aliphatic heterocycles. The molecule has 1 amide bonds. The maximum Gasteiger partial charge on any atom is 0.254 e. The zero-order valence-electron chi connectivity index (χ0n) is 18.1. The minimum Gasteiger partial charge on any atom is -0.388 e. The van der Waals surface area contributed by atoms with Gasteiger partial charge in [-0.1, -0.05) is 35.9 Å². The average molecular weight is 468 g/mol. The number of nitrogen functional groups attached to an aromatic ring is 1. The molecule has 2 heterocycles. The van der Waals surface area contributed by atoms with Crippen molar-refractivity contribution in [2.75, 3.05) is 5.73 Å². The number of amides is 1. The number of halogens is 2. The summed E-state index contributed by atoms with van der Waals surface area (Å²) in [6.07, 6.45) is 1.10. The summed E-state index contributed by atoms with van der Waals surface area (Å²) in [6, 6.07) is 13.1. The minimum atomic E-state index is -0.794. The molecule has 9 heteroatoms. The largest absolute Gasteiger partial charge is 0.388 e. The Morgan fingerprint density at radius 3 is 2.70 bits per heavy atom. The molecule has 0 spiro atoms. The molecule has 0 aliphatic carbocycles. The number of benzene rings is 2. The summed E-state index contributed by atoms with van der Waals surface area (Å²) < 4.78 is 17.0. The molecule has 2 aromatic heterocycles. The number of pyridine rings is 1. The highest BCUT2D eigenvalue weighted by atomic mass is 35.5. The van der Waals surface area contributed by atoms with Gasteiger partial charge in [0.1, 0.15) is 5.82 Å². The van der Waals surface area contributed by atoms with Crippen LogP contribution in [0.3, 0.4) is 0 Å². The average Bonchev–Trinajstić information content (AvgIpc) is 3.13. The van der Waals surface area contributed by atoms with E-state index in [0.29, 0.717) is 27.4 Å². The van der Waals surface area contributed by atoms with Gasteiger partial charge in [0.2, 0.25) is 5.95 Å². The van der Waals surface area contributed by atoms with Gasteiger partial charge in [0, 0.05) is 22.8 Å². The highest BCUT2D eigenvalue weighted by molar-refractivity contribution is 6.30. The zero-order chi connectivity index (χ0) is 23.7. The fourth-order valence-corrected chi connectivity index (χ4v) is 3.88. The number of aliphatic hydroxyl groups excluding tert-OH is 1. The van der Waals surface area contributed by atoms with Crippen molar-refractivity contribution in [3.63, 3.8) is 0 Å². The Kier molecular flexibility index (Phi) is 6.31. The van der Waals surface area contributed by atoms with Crippen molar-refractivity contribution in [2.24, 2.45) is 0 Å². The Hall–Kier alpha value is -3.49. The third kappa shape index (κ3) is 4.81. The van der Waals surface area contributed by atoms with E-state index < -0.39 is 23.9 Å². The summed E-state index contributed by atoms with van der Waals surface area (Å²) in [5, 5.41) is 17.8. The highest BCUT2D eigenvalue weighted by Crippen LogP contribution is 2.28. The second-order valence-corrected chi connectivity index (χ2v) is 8.42. The predicted molar refractivity (Wildman–Crippen MR) is 125 cm³/mol. The van der Waals surface area contributed by atoms with Crippen molar-refractivity contribution in [1.82, 2.24) is 19.9 Å². The van der Waals surface area contributed by atoms with Crippen LogP contribution >= 0.6 is 11.6 Å². The molecule has 0 saturated carbocycles. The van der Waals surface area contributed by atoms with E-state index in [1.807, 2.05) is 0 Å². The van der Waals surface area contributed by atoms with E-state index in [1.165, 1.54) is 4.52 Å².